The van der Waals surface area contributed by atoms with Crippen LogP contribution in [-0.2, 0) is 32.6 Å². The van der Waals surface area contributed by atoms with Crippen molar-refractivity contribution < 1.29 is 22.4 Å². The molecule has 0 aliphatic rings. The fourth-order valence-electron chi connectivity index (χ4n) is 4.82. The predicted molar refractivity (Wildman–Crippen MR) is 171 cm³/mol. The molecular formula is C35H38FN3O4S. The van der Waals surface area contributed by atoms with Crippen molar-refractivity contribution in [3.05, 3.63) is 132 Å². The van der Waals surface area contributed by atoms with Crippen molar-refractivity contribution in [2.45, 2.75) is 57.1 Å². The van der Waals surface area contributed by atoms with Gasteiger partial charge in [-0.1, -0.05) is 72.8 Å². The Morgan fingerprint density at radius 2 is 1.43 bits per heavy atom. The third-order valence-corrected chi connectivity index (χ3v) is 8.72. The van der Waals surface area contributed by atoms with Gasteiger partial charge in [0.05, 0.1) is 10.6 Å². The van der Waals surface area contributed by atoms with Crippen LogP contribution in [0.25, 0.3) is 0 Å². The third kappa shape index (κ3) is 8.54. The van der Waals surface area contributed by atoms with Gasteiger partial charge in [0.15, 0.2) is 0 Å². The number of sulfonamides is 1. The van der Waals surface area contributed by atoms with E-state index in [1.165, 1.54) is 29.2 Å². The number of hydrogen-bond donors (Lipinski definition) is 1. The van der Waals surface area contributed by atoms with E-state index in [-0.39, 0.29) is 23.8 Å². The number of amides is 2. The number of aryl methyl sites for hydroxylation is 1. The van der Waals surface area contributed by atoms with Crippen LogP contribution in [0.4, 0.5) is 10.1 Å². The minimum absolute atomic E-state index is 0.0331. The van der Waals surface area contributed by atoms with Crippen molar-refractivity contribution in [1.82, 2.24) is 10.2 Å². The molecule has 0 radical (unpaired) electrons. The van der Waals surface area contributed by atoms with Gasteiger partial charge < -0.3 is 10.2 Å². The summed E-state index contributed by atoms with van der Waals surface area (Å²) in [5, 5.41) is 2.99. The molecule has 0 spiro atoms. The van der Waals surface area contributed by atoms with Crippen molar-refractivity contribution in [3.8, 4) is 0 Å². The zero-order chi connectivity index (χ0) is 31.9. The average molecular weight is 616 g/mol. The van der Waals surface area contributed by atoms with Gasteiger partial charge in [-0.3, -0.25) is 13.9 Å². The number of halogens is 1. The van der Waals surface area contributed by atoms with Gasteiger partial charge in [0.2, 0.25) is 11.8 Å². The molecule has 1 atom stereocenters. The van der Waals surface area contributed by atoms with Gasteiger partial charge in [-0.25, -0.2) is 12.8 Å². The molecule has 4 aromatic carbocycles. The number of rotatable bonds is 11. The van der Waals surface area contributed by atoms with Crippen molar-refractivity contribution in [2.75, 3.05) is 10.8 Å². The summed E-state index contributed by atoms with van der Waals surface area (Å²) in [4.78, 5) is 29.7. The molecule has 1 unspecified atom stereocenters. The number of anilines is 1. The van der Waals surface area contributed by atoms with Crippen LogP contribution >= 0.6 is 0 Å². The number of benzene rings is 4. The zero-order valence-corrected chi connectivity index (χ0v) is 26.2. The summed E-state index contributed by atoms with van der Waals surface area (Å²) in [5.41, 5.74) is 1.96. The molecule has 44 heavy (non-hydrogen) atoms. The van der Waals surface area contributed by atoms with Gasteiger partial charge in [-0.15, -0.1) is 0 Å². The second-order valence-corrected chi connectivity index (χ2v) is 13.6. The smallest absolute Gasteiger partial charge is 0.264 e. The van der Waals surface area contributed by atoms with E-state index in [4.69, 9.17) is 0 Å². The van der Waals surface area contributed by atoms with Crippen LogP contribution in [0.2, 0.25) is 0 Å². The monoisotopic (exact) mass is 615 g/mol. The summed E-state index contributed by atoms with van der Waals surface area (Å²) in [6, 6.07) is 28.8. The second-order valence-electron chi connectivity index (χ2n) is 11.8. The summed E-state index contributed by atoms with van der Waals surface area (Å²) in [6.07, 6.45) is 0.186. The Morgan fingerprint density at radius 1 is 0.818 bits per heavy atom. The summed E-state index contributed by atoms with van der Waals surface area (Å²) >= 11 is 0. The van der Waals surface area contributed by atoms with Gasteiger partial charge in [0.1, 0.15) is 18.4 Å². The van der Waals surface area contributed by atoms with Crippen molar-refractivity contribution in [1.29, 1.82) is 0 Å². The lowest BCUT2D eigenvalue weighted by molar-refractivity contribution is -0.140. The number of hydrogen-bond acceptors (Lipinski definition) is 4. The number of nitrogens with zero attached hydrogens (tertiary/aromatic N) is 2. The van der Waals surface area contributed by atoms with Crippen molar-refractivity contribution in [2.24, 2.45) is 0 Å². The Hall–Kier alpha value is -4.50. The van der Waals surface area contributed by atoms with Crippen LogP contribution in [-0.4, -0.2) is 43.3 Å². The number of carbonyl (C=O) groups is 2. The van der Waals surface area contributed by atoms with Crippen LogP contribution in [0.15, 0.2) is 114 Å². The van der Waals surface area contributed by atoms with E-state index < -0.39 is 39.9 Å². The molecule has 1 N–H and O–H groups in total. The molecule has 0 aliphatic carbocycles. The van der Waals surface area contributed by atoms with E-state index in [1.807, 2.05) is 64.1 Å². The Morgan fingerprint density at radius 3 is 2.02 bits per heavy atom. The Balaban J connectivity index is 1.81. The van der Waals surface area contributed by atoms with Gasteiger partial charge in [-0.05, 0) is 80.8 Å². The van der Waals surface area contributed by atoms with Crippen LogP contribution in [0, 0.1) is 12.7 Å². The Labute approximate surface area is 259 Å². The fraction of sp³-hybridized carbons (Fsp3) is 0.257. The minimum atomic E-state index is -4.18. The maximum atomic E-state index is 14.4. The number of nitrogens with one attached hydrogen (secondary N) is 1. The topological polar surface area (TPSA) is 86.8 Å². The van der Waals surface area contributed by atoms with Crippen LogP contribution in [0.3, 0.4) is 0 Å². The molecule has 0 saturated carbocycles. The fourth-order valence-corrected chi connectivity index (χ4v) is 6.25. The molecule has 4 rings (SSSR count). The molecule has 0 aliphatic heterocycles. The highest BCUT2D eigenvalue weighted by molar-refractivity contribution is 7.92. The van der Waals surface area contributed by atoms with Crippen LogP contribution in [0.5, 0.6) is 0 Å². The highest BCUT2D eigenvalue weighted by Gasteiger charge is 2.35. The van der Waals surface area contributed by atoms with Gasteiger partial charge in [0, 0.05) is 18.5 Å². The average Bonchev–Trinajstić information content (AvgIpc) is 2.98. The lowest BCUT2D eigenvalue weighted by Crippen LogP contribution is -2.56. The first kappa shape index (κ1) is 32.4. The van der Waals surface area contributed by atoms with E-state index >= 15 is 0 Å². The third-order valence-electron chi connectivity index (χ3n) is 6.94. The summed E-state index contributed by atoms with van der Waals surface area (Å²) < 4.78 is 42.9. The van der Waals surface area contributed by atoms with Crippen LogP contribution in [0.1, 0.15) is 37.5 Å². The molecule has 0 saturated heterocycles. The molecule has 7 nitrogen and oxygen atoms in total. The second kappa shape index (κ2) is 13.9. The lowest BCUT2D eigenvalue weighted by atomic mass is 10.0. The van der Waals surface area contributed by atoms with E-state index in [0.717, 1.165) is 15.4 Å². The first-order chi connectivity index (χ1) is 20.8. The molecule has 0 fully saturated rings. The first-order valence-corrected chi connectivity index (χ1v) is 15.8. The van der Waals surface area contributed by atoms with E-state index in [1.54, 1.807) is 48.5 Å². The molecular weight excluding hydrogens is 577 g/mol. The van der Waals surface area contributed by atoms with E-state index in [0.29, 0.717) is 11.3 Å². The molecule has 230 valence electrons. The summed E-state index contributed by atoms with van der Waals surface area (Å²) in [6.45, 7) is 6.79. The Kier molecular flexibility index (Phi) is 10.2. The molecule has 2 amide bonds. The standard InChI is InChI=1S/C35H38FN3O4S/c1-26-12-11-15-30(22-26)39(44(42,43)31-16-9-6-10-17-31)25-33(40)38(24-28-18-20-29(36)21-19-28)32(34(41)37-35(2,3)4)23-27-13-7-5-8-14-27/h5-22,32H,23-25H2,1-4H3,(H,37,41). The summed E-state index contributed by atoms with van der Waals surface area (Å²) in [7, 11) is -4.18. The number of carbonyl (C=O) groups excluding carboxylic acids is 2. The first-order valence-electron chi connectivity index (χ1n) is 14.4. The quantitative estimate of drug-likeness (QED) is 0.228. The highest BCUT2D eigenvalue weighted by atomic mass is 32.2. The lowest BCUT2D eigenvalue weighted by Gasteiger charge is -2.35. The highest BCUT2D eigenvalue weighted by Crippen LogP contribution is 2.26. The van der Waals surface area contributed by atoms with E-state index in [9.17, 15) is 22.4 Å². The largest absolute Gasteiger partial charge is 0.350 e. The maximum absolute atomic E-state index is 14.4. The molecule has 0 bridgehead atoms. The van der Waals surface area contributed by atoms with Crippen molar-refractivity contribution in [3.63, 3.8) is 0 Å². The van der Waals surface area contributed by atoms with Gasteiger partial charge in [0.25, 0.3) is 10.0 Å². The Bertz CT molecular complexity index is 1670. The molecule has 9 heteroatoms. The maximum Gasteiger partial charge on any atom is 0.264 e. The SMILES string of the molecule is Cc1cccc(N(CC(=O)N(Cc2ccc(F)cc2)C(Cc2ccccc2)C(=O)NC(C)(C)C)S(=O)(=O)c2ccccc2)c1. The normalized spacial score (nSPS) is 12.3. The summed E-state index contributed by atoms with van der Waals surface area (Å²) in [5.74, 6) is -1.40. The van der Waals surface area contributed by atoms with E-state index in [2.05, 4.69) is 5.32 Å². The van der Waals surface area contributed by atoms with Gasteiger partial charge in [-0.2, -0.15) is 0 Å². The van der Waals surface area contributed by atoms with Gasteiger partial charge >= 0.3 is 0 Å². The molecule has 4 aromatic rings. The predicted octanol–water partition coefficient (Wildman–Crippen LogP) is 5.88. The zero-order valence-electron chi connectivity index (χ0n) is 25.4. The minimum Gasteiger partial charge on any atom is -0.350 e. The molecule has 0 aromatic heterocycles. The molecule has 0 heterocycles. The van der Waals surface area contributed by atoms with Crippen molar-refractivity contribution >= 4 is 27.5 Å². The van der Waals surface area contributed by atoms with Crippen LogP contribution < -0.4 is 9.62 Å².